The van der Waals surface area contributed by atoms with Crippen LogP contribution < -0.4 is 10.1 Å². The van der Waals surface area contributed by atoms with E-state index in [0.29, 0.717) is 12.4 Å². The van der Waals surface area contributed by atoms with E-state index in [9.17, 15) is 0 Å². The van der Waals surface area contributed by atoms with Crippen molar-refractivity contribution in [2.45, 2.75) is 53.2 Å². The van der Waals surface area contributed by atoms with Gasteiger partial charge < -0.3 is 10.1 Å². The van der Waals surface area contributed by atoms with Crippen LogP contribution in [-0.4, -0.2) is 21.1 Å². The molecule has 1 N–H and O–H groups in total. The van der Waals surface area contributed by atoms with Crippen LogP contribution in [0.25, 0.3) is 0 Å². The van der Waals surface area contributed by atoms with Crippen LogP contribution in [0.2, 0.25) is 0 Å². The predicted molar refractivity (Wildman–Crippen MR) is 88.1 cm³/mol. The number of pyridine rings is 1. The number of ether oxygens (including phenoxy) is 1. The second kappa shape index (κ2) is 7.73. The van der Waals surface area contributed by atoms with Gasteiger partial charge in [-0.05, 0) is 38.3 Å². The maximum absolute atomic E-state index is 5.75. The van der Waals surface area contributed by atoms with Crippen molar-refractivity contribution < 1.29 is 4.74 Å². The van der Waals surface area contributed by atoms with Crippen LogP contribution in [0, 0.1) is 6.92 Å². The molecule has 2 heterocycles. The lowest BCUT2D eigenvalue weighted by molar-refractivity contribution is 0.208. The number of rotatable bonds is 7. The van der Waals surface area contributed by atoms with Crippen LogP contribution in [0.15, 0.2) is 24.4 Å². The van der Waals surface area contributed by atoms with E-state index in [1.165, 1.54) is 0 Å². The number of nitrogens with zero attached hydrogens (tertiary/aromatic N) is 3. The first-order valence-corrected chi connectivity index (χ1v) is 7.80. The molecule has 5 nitrogen and oxygen atoms in total. The molecular weight excluding hydrogens is 276 g/mol. The summed E-state index contributed by atoms with van der Waals surface area (Å²) in [6.07, 6.45) is 3.81. The lowest BCUT2D eigenvalue weighted by atomic mass is 10.2. The molecule has 0 aromatic carbocycles. The quantitative estimate of drug-likeness (QED) is 0.847. The second-order valence-electron chi connectivity index (χ2n) is 5.34. The van der Waals surface area contributed by atoms with Gasteiger partial charge in [0, 0.05) is 30.6 Å². The molecule has 5 heteroatoms. The van der Waals surface area contributed by atoms with Gasteiger partial charge in [0.15, 0.2) is 0 Å². The molecule has 0 amide bonds. The van der Waals surface area contributed by atoms with E-state index in [1.807, 2.05) is 32.0 Å². The first-order chi connectivity index (χ1) is 10.6. The normalized spacial score (nSPS) is 12.0. The number of hydrogen-bond donors (Lipinski definition) is 1. The third kappa shape index (κ3) is 4.69. The minimum atomic E-state index is 0.173. The zero-order valence-electron chi connectivity index (χ0n) is 13.8. The Morgan fingerprint density at radius 2 is 2.05 bits per heavy atom. The molecule has 2 aromatic heterocycles. The summed E-state index contributed by atoms with van der Waals surface area (Å²) in [5.74, 6) is 2.31. The molecule has 0 saturated carbocycles. The first-order valence-electron chi connectivity index (χ1n) is 7.80. The zero-order chi connectivity index (χ0) is 15.9. The van der Waals surface area contributed by atoms with Crippen LogP contribution in [0.3, 0.4) is 0 Å². The van der Waals surface area contributed by atoms with Gasteiger partial charge in [0.05, 0.1) is 6.10 Å². The fraction of sp³-hybridized carbons (Fsp3) is 0.471. The summed E-state index contributed by atoms with van der Waals surface area (Å²) >= 11 is 0. The predicted octanol–water partition coefficient (Wildman–Crippen LogP) is 3.53. The van der Waals surface area contributed by atoms with Gasteiger partial charge in [-0.25, -0.2) is 15.0 Å². The molecule has 2 rings (SSSR count). The second-order valence-corrected chi connectivity index (χ2v) is 5.34. The van der Waals surface area contributed by atoms with Gasteiger partial charge in [-0.3, -0.25) is 0 Å². The monoisotopic (exact) mass is 300 g/mol. The molecule has 0 spiro atoms. The first kappa shape index (κ1) is 16.2. The summed E-state index contributed by atoms with van der Waals surface area (Å²) in [6, 6.07) is 5.93. The summed E-state index contributed by atoms with van der Waals surface area (Å²) in [7, 11) is 0. The summed E-state index contributed by atoms with van der Waals surface area (Å²) < 4.78 is 5.75. The Morgan fingerprint density at radius 1 is 1.23 bits per heavy atom. The molecule has 0 saturated heterocycles. The summed E-state index contributed by atoms with van der Waals surface area (Å²) in [5.41, 5.74) is 2.16. The maximum Gasteiger partial charge on any atom is 0.213 e. The Morgan fingerprint density at radius 3 is 2.77 bits per heavy atom. The van der Waals surface area contributed by atoms with Gasteiger partial charge in [-0.15, -0.1) is 0 Å². The number of aryl methyl sites for hydroxylation is 2. The molecule has 1 atom stereocenters. The maximum atomic E-state index is 5.75. The van der Waals surface area contributed by atoms with Crippen molar-refractivity contribution in [2.24, 2.45) is 0 Å². The third-order valence-corrected chi connectivity index (χ3v) is 3.42. The Kier molecular flexibility index (Phi) is 5.69. The van der Waals surface area contributed by atoms with Crippen LogP contribution in [0.4, 0.5) is 5.82 Å². The highest BCUT2D eigenvalue weighted by Crippen LogP contribution is 2.14. The minimum Gasteiger partial charge on any atom is -0.475 e. The van der Waals surface area contributed by atoms with E-state index in [4.69, 9.17) is 4.74 Å². The number of anilines is 1. The topological polar surface area (TPSA) is 59.9 Å². The fourth-order valence-corrected chi connectivity index (χ4v) is 2.01. The molecule has 0 fully saturated rings. The molecular formula is C17H24N4O. The largest absolute Gasteiger partial charge is 0.475 e. The lowest BCUT2D eigenvalue weighted by Crippen LogP contribution is -2.11. The van der Waals surface area contributed by atoms with Crippen molar-refractivity contribution in [3.05, 3.63) is 41.5 Å². The Labute approximate surface area is 132 Å². The van der Waals surface area contributed by atoms with Gasteiger partial charge in [-0.2, -0.15) is 0 Å². The van der Waals surface area contributed by atoms with Crippen molar-refractivity contribution in [1.82, 2.24) is 15.0 Å². The number of hydrogen-bond acceptors (Lipinski definition) is 5. The van der Waals surface area contributed by atoms with Crippen molar-refractivity contribution in [2.75, 3.05) is 5.32 Å². The zero-order valence-corrected chi connectivity index (χ0v) is 13.8. The molecule has 2 aromatic rings. The highest BCUT2D eigenvalue weighted by Gasteiger charge is 2.04. The molecule has 0 aliphatic carbocycles. The van der Waals surface area contributed by atoms with E-state index in [2.05, 4.69) is 34.1 Å². The number of aromatic nitrogens is 3. The van der Waals surface area contributed by atoms with Crippen molar-refractivity contribution in [1.29, 1.82) is 0 Å². The Hall–Kier alpha value is -2.17. The fourth-order valence-electron chi connectivity index (χ4n) is 2.01. The average molecular weight is 300 g/mol. The summed E-state index contributed by atoms with van der Waals surface area (Å²) in [6.45, 7) is 8.82. The van der Waals surface area contributed by atoms with E-state index in [1.54, 1.807) is 6.20 Å². The Balaban J connectivity index is 2.02. The van der Waals surface area contributed by atoms with Crippen LogP contribution in [0.5, 0.6) is 5.88 Å². The van der Waals surface area contributed by atoms with E-state index in [0.717, 1.165) is 35.7 Å². The molecule has 0 bridgehead atoms. The van der Waals surface area contributed by atoms with E-state index >= 15 is 0 Å². The SMILES string of the molecule is CCc1cc(NCc2ccnc(OC(C)CC)c2)nc(C)n1. The number of nitrogens with one attached hydrogen (secondary N) is 1. The average Bonchev–Trinajstić information content (AvgIpc) is 2.52. The molecule has 22 heavy (non-hydrogen) atoms. The molecule has 1 unspecified atom stereocenters. The van der Waals surface area contributed by atoms with Crippen molar-refractivity contribution in [3.8, 4) is 5.88 Å². The molecule has 118 valence electrons. The van der Waals surface area contributed by atoms with Crippen molar-refractivity contribution >= 4 is 5.82 Å². The highest BCUT2D eigenvalue weighted by atomic mass is 16.5. The molecule has 0 radical (unpaired) electrons. The Bertz CT molecular complexity index is 615. The van der Waals surface area contributed by atoms with Gasteiger partial charge in [0.1, 0.15) is 11.6 Å². The standard InChI is InChI=1S/C17H24N4O/c1-5-12(3)22-17-9-14(7-8-18-17)11-19-16-10-15(6-2)20-13(4)21-16/h7-10,12H,5-6,11H2,1-4H3,(H,19,20,21). The van der Waals surface area contributed by atoms with Gasteiger partial charge >= 0.3 is 0 Å². The summed E-state index contributed by atoms with van der Waals surface area (Å²) in [5, 5.41) is 3.34. The molecule has 0 aliphatic rings. The third-order valence-electron chi connectivity index (χ3n) is 3.42. The van der Waals surface area contributed by atoms with Crippen LogP contribution in [-0.2, 0) is 13.0 Å². The minimum absolute atomic E-state index is 0.173. The summed E-state index contributed by atoms with van der Waals surface area (Å²) in [4.78, 5) is 13.0. The van der Waals surface area contributed by atoms with Crippen LogP contribution >= 0.6 is 0 Å². The highest BCUT2D eigenvalue weighted by molar-refractivity contribution is 5.37. The lowest BCUT2D eigenvalue weighted by Gasteiger charge is -2.13. The van der Waals surface area contributed by atoms with Gasteiger partial charge in [0.25, 0.3) is 0 Å². The van der Waals surface area contributed by atoms with E-state index in [-0.39, 0.29) is 6.10 Å². The smallest absolute Gasteiger partial charge is 0.213 e. The van der Waals surface area contributed by atoms with Crippen LogP contribution in [0.1, 0.15) is 44.3 Å². The van der Waals surface area contributed by atoms with Gasteiger partial charge in [-0.1, -0.05) is 13.8 Å². The van der Waals surface area contributed by atoms with Gasteiger partial charge in [0.2, 0.25) is 5.88 Å². The molecule has 0 aliphatic heterocycles. The van der Waals surface area contributed by atoms with Crippen molar-refractivity contribution in [3.63, 3.8) is 0 Å². The van der Waals surface area contributed by atoms with E-state index < -0.39 is 0 Å².